The number of nitrogens with one attached hydrogen (secondary N) is 3. The van der Waals surface area contributed by atoms with Crippen LogP contribution in [0.4, 0.5) is 0 Å². The van der Waals surface area contributed by atoms with Crippen LogP contribution in [0.1, 0.15) is 19.4 Å². The molecular formula is C20H30N4O5S2. The van der Waals surface area contributed by atoms with Gasteiger partial charge in [-0.2, -0.15) is 25.3 Å². The molecule has 31 heavy (non-hydrogen) atoms. The van der Waals surface area contributed by atoms with Crippen LogP contribution < -0.4 is 21.7 Å². The second-order valence-electron chi connectivity index (χ2n) is 7.35. The number of rotatable bonds is 12. The van der Waals surface area contributed by atoms with Gasteiger partial charge in [0.2, 0.25) is 17.7 Å². The second-order valence-corrected chi connectivity index (χ2v) is 8.08. The van der Waals surface area contributed by atoms with E-state index in [4.69, 9.17) is 5.73 Å². The minimum atomic E-state index is -1.23. The van der Waals surface area contributed by atoms with Crippen LogP contribution in [0.3, 0.4) is 0 Å². The Morgan fingerprint density at radius 1 is 0.903 bits per heavy atom. The van der Waals surface area contributed by atoms with Crippen LogP contribution in [0, 0.1) is 5.92 Å². The first-order chi connectivity index (χ1) is 14.6. The summed E-state index contributed by atoms with van der Waals surface area (Å²) in [5.74, 6) is -3.31. The molecule has 0 aliphatic heterocycles. The third kappa shape index (κ3) is 8.80. The fraction of sp³-hybridized carbons (Fsp3) is 0.500. The first kappa shape index (κ1) is 26.8. The average molecular weight is 471 g/mol. The highest BCUT2D eigenvalue weighted by atomic mass is 32.1. The van der Waals surface area contributed by atoms with Gasteiger partial charge in [0.1, 0.15) is 18.1 Å². The summed E-state index contributed by atoms with van der Waals surface area (Å²) in [6, 6.07) is 4.87. The zero-order valence-electron chi connectivity index (χ0n) is 17.4. The summed E-state index contributed by atoms with van der Waals surface area (Å²) in [6.45, 7) is 3.48. The number of carbonyl (C=O) groups excluding carboxylic acids is 3. The van der Waals surface area contributed by atoms with E-state index < -0.39 is 47.9 Å². The molecule has 1 rings (SSSR count). The van der Waals surface area contributed by atoms with E-state index in [9.17, 15) is 24.3 Å². The molecule has 4 atom stereocenters. The smallest absolute Gasteiger partial charge is 0.327 e. The van der Waals surface area contributed by atoms with E-state index >= 15 is 0 Å². The number of thiol groups is 2. The van der Waals surface area contributed by atoms with Gasteiger partial charge in [0.05, 0.1) is 6.04 Å². The molecule has 6 N–H and O–H groups in total. The summed E-state index contributed by atoms with van der Waals surface area (Å²) in [5.41, 5.74) is 6.43. The largest absolute Gasteiger partial charge is 0.480 e. The molecular weight excluding hydrogens is 440 g/mol. The van der Waals surface area contributed by atoms with E-state index in [1.165, 1.54) is 0 Å². The molecule has 0 heterocycles. The maximum absolute atomic E-state index is 12.9. The Balaban J connectivity index is 3.04. The first-order valence-electron chi connectivity index (χ1n) is 9.75. The number of aliphatic carboxylic acids is 1. The summed E-state index contributed by atoms with van der Waals surface area (Å²) in [6.07, 6.45) is 0.131. The van der Waals surface area contributed by atoms with Crippen molar-refractivity contribution in [3.63, 3.8) is 0 Å². The maximum atomic E-state index is 12.9. The van der Waals surface area contributed by atoms with Crippen LogP contribution in [0.2, 0.25) is 0 Å². The Morgan fingerprint density at radius 3 is 1.97 bits per heavy atom. The Bertz CT molecular complexity index is 763. The molecule has 0 aliphatic rings. The van der Waals surface area contributed by atoms with Gasteiger partial charge >= 0.3 is 5.97 Å². The number of hydrogen-bond acceptors (Lipinski definition) is 7. The van der Waals surface area contributed by atoms with E-state index in [1.807, 2.05) is 6.07 Å². The van der Waals surface area contributed by atoms with Gasteiger partial charge in [-0.15, -0.1) is 0 Å². The molecule has 0 bridgehead atoms. The van der Waals surface area contributed by atoms with Crippen LogP contribution in [-0.4, -0.2) is 64.5 Å². The second kappa shape index (κ2) is 13.2. The van der Waals surface area contributed by atoms with Gasteiger partial charge in [0.25, 0.3) is 0 Å². The molecule has 0 saturated carbocycles. The molecule has 3 amide bonds. The van der Waals surface area contributed by atoms with Crippen LogP contribution in [-0.2, 0) is 25.6 Å². The maximum Gasteiger partial charge on any atom is 0.327 e. The fourth-order valence-corrected chi connectivity index (χ4v) is 3.07. The van der Waals surface area contributed by atoms with Crippen LogP contribution in [0.15, 0.2) is 30.3 Å². The van der Waals surface area contributed by atoms with Crippen molar-refractivity contribution in [2.75, 3.05) is 11.5 Å². The zero-order valence-corrected chi connectivity index (χ0v) is 19.2. The van der Waals surface area contributed by atoms with Gasteiger partial charge in [-0.3, -0.25) is 14.4 Å². The molecule has 11 heteroatoms. The van der Waals surface area contributed by atoms with Crippen molar-refractivity contribution in [3.05, 3.63) is 35.9 Å². The highest BCUT2D eigenvalue weighted by molar-refractivity contribution is 7.80. The van der Waals surface area contributed by atoms with Crippen molar-refractivity contribution >= 4 is 48.9 Å². The minimum absolute atomic E-state index is 0.109. The fourth-order valence-electron chi connectivity index (χ4n) is 2.66. The molecule has 0 spiro atoms. The number of hydrogen-bond donors (Lipinski definition) is 7. The summed E-state index contributed by atoms with van der Waals surface area (Å²) in [5, 5.41) is 16.8. The number of amides is 3. The molecule has 1 aromatic rings. The number of carboxylic acid groups (broad SMARTS) is 1. The lowest BCUT2D eigenvalue weighted by molar-refractivity contribution is -0.141. The summed E-state index contributed by atoms with van der Waals surface area (Å²) in [7, 11) is 0. The Kier molecular flexibility index (Phi) is 11.4. The van der Waals surface area contributed by atoms with E-state index in [0.717, 1.165) is 5.56 Å². The topological polar surface area (TPSA) is 151 Å². The van der Waals surface area contributed by atoms with Crippen molar-refractivity contribution in [1.82, 2.24) is 16.0 Å². The normalized spacial score (nSPS) is 14.8. The van der Waals surface area contributed by atoms with Crippen molar-refractivity contribution < 1.29 is 24.3 Å². The zero-order chi connectivity index (χ0) is 23.6. The van der Waals surface area contributed by atoms with E-state index in [-0.39, 0.29) is 23.8 Å². The SMILES string of the molecule is CC(C)C(NC(=O)C(N)CS)C(=O)NC(Cc1ccccc1)C(=O)NC(CS)C(=O)O. The predicted octanol–water partition coefficient (Wildman–Crippen LogP) is -0.389. The van der Waals surface area contributed by atoms with Gasteiger partial charge in [0.15, 0.2) is 0 Å². The summed E-state index contributed by atoms with van der Waals surface area (Å²) < 4.78 is 0. The number of carboxylic acids is 1. The van der Waals surface area contributed by atoms with Gasteiger partial charge in [-0.05, 0) is 11.5 Å². The summed E-state index contributed by atoms with van der Waals surface area (Å²) >= 11 is 7.93. The minimum Gasteiger partial charge on any atom is -0.480 e. The molecule has 0 radical (unpaired) electrons. The lowest BCUT2D eigenvalue weighted by Gasteiger charge is -2.26. The molecule has 0 saturated heterocycles. The van der Waals surface area contributed by atoms with Gasteiger partial charge in [0, 0.05) is 17.9 Å². The first-order valence-corrected chi connectivity index (χ1v) is 11.0. The number of carbonyl (C=O) groups is 4. The quantitative estimate of drug-likeness (QED) is 0.207. The molecule has 1 aromatic carbocycles. The molecule has 172 valence electrons. The van der Waals surface area contributed by atoms with E-state index in [1.54, 1.807) is 38.1 Å². The monoisotopic (exact) mass is 470 g/mol. The molecule has 0 fully saturated rings. The highest BCUT2D eigenvalue weighted by Crippen LogP contribution is 2.08. The lowest BCUT2D eigenvalue weighted by Crippen LogP contribution is -2.59. The Morgan fingerprint density at radius 2 is 1.48 bits per heavy atom. The third-order valence-electron chi connectivity index (χ3n) is 4.49. The lowest BCUT2D eigenvalue weighted by atomic mass is 10.0. The molecule has 9 nitrogen and oxygen atoms in total. The highest BCUT2D eigenvalue weighted by Gasteiger charge is 2.31. The van der Waals surface area contributed by atoms with E-state index in [2.05, 4.69) is 41.2 Å². The van der Waals surface area contributed by atoms with Gasteiger partial charge in [-0.25, -0.2) is 4.79 Å². The third-order valence-corrected chi connectivity index (χ3v) is 5.25. The van der Waals surface area contributed by atoms with Crippen LogP contribution in [0.25, 0.3) is 0 Å². The van der Waals surface area contributed by atoms with Crippen molar-refractivity contribution in [1.29, 1.82) is 0 Å². The van der Waals surface area contributed by atoms with Crippen molar-refractivity contribution in [2.24, 2.45) is 11.7 Å². The van der Waals surface area contributed by atoms with Crippen LogP contribution in [0.5, 0.6) is 0 Å². The van der Waals surface area contributed by atoms with Crippen LogP contribution >= 0.6 is 25.3 Å². The van der Waals surface area contributed by atoms with E-state index in [0.29, 0.717) is 0 Å². The Labute approximate surface area is 192 Å². The number of nitrogens with two attached hydrogens (primary N) is 1. The molecule has 0 aromatic heterocycles. The van der Waals surface area contributed by atoms with Gasteiger partial charge < -0.3 is 26.8 Å². The Hall–Kier alpha value is -2.24. The summed E-state index contributed by atoms with van der Waals surface area (Å²) in [4.78, 5) is 49.1. The standard InChI is InChI=1S/C20H30N4O5S2/c1-11(2)16(24-17(25)13(21)9-30)19(27)22-14(8-12-6-4-3-5-7-12)18(26)23-15(10-31)20(28)29/h3-7,11,13-16,30-31H,8-10,21H2,1-2H3,(H,22,27)(H,23,26)(H,24,25)(H,28,29). The average Bonchev–Trinajstić information content (AvgIpc) is 2.74. The van der Waals surface area contributed by atoms with Crippen molar-refractivity contribution in [3.8, 4) is 0 Å². The molecule has 4 unspecified atom stereocenters. The van der Waals surface area contributed by atoms with Crippen molar-refractivity contribution in [2.45, 2.75) is 44.4 Å². The van der Waals surface area contributed by atoms with Gasteiger partial charge in [-0.1, -0.05) is 44.2 Å². The predicted molar refractivity (Wildman–Crippen MR) is 124 cm³/mol. The molecule has 0 aliphatic carbocycles. The number of benzene rings is 1.